The Balaban J connectivity index is 1.47. The van der Waals surface area contributed by atoms with Gasteiger partial charge < -0.3 is 10.6 Å². The first-order valence-corrected chi connectivity index (χ1v) is 10.6. The quantitative estimate of drug-likeness (QED) is 0.590. The lowest BCUT2D eigenvalue weighted by atomic mass is 9.71. The van der Waals surface area contributed by atoms with Gasteiger partial charge in [0.2, 0.25) is 5.91 Å². The zero-order chi connectivity index (χ0) is 21.4. The normalized spacial score (nSPS) is 28.0. The van der Waals surface area contributed by atoms with Crippen molar-refractivity contribution in [2.75, 3.05) is 5.32 Å². The highest BCUT2D eigenvalue weighted by molar-refractivity contribution is 9.10. The summed E-state index contributed by atoms with van der Waals surface area (Å²) in [6.07, 6.45) is 0.144. The topological polar surface area (TPSA) is 58.2 Å². The molecule has 2 aromatic carbocycles. The van der Waals surface area contributed by atoms with Crippen LogP contribution in [-0.4, -0.2) is 17.7 Å². The monoisotopic (exact) mass is 498 g/mol. The average Bonchev–Trinajstić information content (AvgIpc) is 3.08. The summed E-state index contributed by atoms with van der Waals surface area (Å²) in [5, 5.41) is 5.83. The lowest BCUT2D eigenvalue weighted by Crippen LogP contribution is -2.38. The molecule has 0 radical (unpaired) electrons. The fourth-order valence-corrected chi connectivity index (χ4v) is 5.28. The van der Waals surface area contributed by atoms with Gasteiger partial charge in [0, 0.05) is 49.6 Å². The highest BCUT2D eigenvalue weighted by Gasteiger charge is 2.76. The third kappa shape index (κ3) is 2.95. The van der Waals surface area contributed by atoms with Crippen LogP contribution >= 0.6 is 27.5 Å². The van der Waals surface area contributed by atoms with E-state index in [9.17, 15) is 22.8 Å². The van der Waals surface area contributed by atoms with E-state index in [1.54, 1.807) is 12.1 Å². The summed E-state index contributed by atoms with van der Waals surface area (Å²) in [5.74, 6) is -4.44. The molecule has 1 atom stereocenters. The van der Waals surface area contributed by atoms with E-state index >= 15 is 0 Å². The highest BCUT2D eigenvalue weighted by atomic mass is 79.9. The van der Waals surface area contributed by atoms with Crippen LogP contribution in [0.3, 0.4) is 0 Å². The van der Waals surface area contributed by atoms with Crippen LogP contribution in [0, 0.1) is 17.2 Å². The molecule has 1 spiro atoms. The van der Waals surface area contributed by atoms with Gasteiger partial charge in [0.15, 0.2) is 0 Å². The number of nitrogens with one attached hydrogen (secondary N) is 2. The highest BCUT2D eigenvalue weighted by Crippen LogP contribution is 2.72. The van der Waals surface area contributed by atoms with Crippen molar-refractivity contribution < 1.29 is 22.8 Å². The van der Waals surface area contributed by atoms with Crippen LogP contribution in [-0.2, 0) is 4.79 Å². The molecular weight excluding hydrogens is 485 g/mol. The van der Waals surface area contributed by atoms with Gasteiger partial charge in [-0.15, -0.1) is 0 Å². The number of rotatable bonds is 3. The molecule has 2 aliphatic carbocycles. The summed E-state index contributed by atoms with van der Waals surface area (Å²) in [6, 6.07) is 6.35. The Hall–Kier alpha value is -2.06. The summed E-state index contributed by atoms with van der Waals surface area (Å²) in [6.45, 7) is 0. The summed E-state index contributed by atoms with van der Waals surface area (Å²) < 4.78 is 41.3. The van der Waals surface area contributed by atoms with E-state index in [4.69, 9.17) is 11.6 Å². The number of benzene rings is 2. The largest absolute Gasteiger partial charge is 0.341 e. The minimum absolute atomic E-state index is 0.151. The minimum Gasteiger partial charge on any atom is -0.341 e. The molecule has 5 rings (SSSR count). The second-order valence-electron chi connectivity index (χ2n) is 8.24. The Morgan fingerprint density at radius 2 is 1.93 bits per heavy atom. The number of carbonyl (C=O) groups excluding carboxylic acids is 2. The molecule has 2 fully saturated rings. The number of hydrogen-bond acceptors (Lipinski definition) is 2. The molecule has 0 saturated heterocycles. The van der Waals surface area contributed by atoms with Crippen molar-refractivity contribution >= 4 is 45.0 Å². The molecule has 9 heteroatoms. The summed E-state index contributed by atoms with van der Waals surface area (Å²) in [4.78, 5) is 25.3. The van der Waals surface area contributed by atoms with Crippen LogP contribution in [0.15, 0.2) is 34.8 Å². The number of hydrogen-bond donors (Lipinski definition) is 2. The lowest BCUT2D eigenvalue weighted by Gasteiger charge is -2.35. The molecule has 2 N–H and O–H groups in total. The number of alkyl halides is 2. The van der Waals surface area contributed by atoms with Gasteiger partial charge in [0.05, 0.1) is 6.04 Å². The van der Waals surface area contributed by atoms with E-state index in [0.717, 1.165) is 0 Å². The Morgan fingerprint density at radius 3 is 2.60 bits per heavy atom. The van der Waals surface area contributed by atoms with Crippen LogP contribution < -0.4 is 10.6 Å². The van der Waals surface area contributed by atoms with E-state index in [1.807, 2.05) is 0 Å². The first kappa shape index (κ1) is 19.9. The summed E-state index contributed by atoms with van der Waals surface area (Å²) in [5.41, 5.74) is 0.501. The molecular formula is C21H15BrClF3N2O2. The number of anilines is 1. The zero-order valence-electron chi connectivity index (χ0n) is 15.4. The van der Waals surface area contributed by atoms with Gasteiger partial charge in [-0.1, -0.05) is 27.5 Å². The molecule has 1 aliphatic heterocycles. The van der Waals surface area contributed by atoms with Crippen LogP contribution in [0.1, 0.15) is 46.8 Å². The van der Waals surface area contributed by atoms with E-state index in [0.29, 0.717) is 26.9 Å². The lowest BCUT2D eigenvalue weighted by molar-refractivity contribution is -0.126. The second kappa shape index (κ2) is 6.47. The van der Waals surface area contributed by atoms with Crippen LogP contribution in [0.4, 0.5) is 18.9 Å². The number of fused-ring (bicyclic) bond motifs is 1. The van der Waals surface area contributed by atoms with Crippen molar-refractivity contribution in [3.05, 3.63) is 62.3 Å². The summed E-state index contributed by atoms with van der Waals surface area (Å²) >= 11 is 9.57. The van der Waals surface area contributed by atoms with Crippen molar-refractivity contribution in [2.24, 2.45) is 11.3 Å². The molecule has 3 aliphatic rings. The second-order valence-corrected chi connectivity index (χ2v) is 9.57. The van der Waals surface area contributed by atoms with Gasteiger partial charge in [-0.25, -0.2) is 13.2 Å². The van der Waals surface area contributed by atoms with Gasteiger partial charge >= 0.3 is 0 Å². The molecule has 4 nitrogen and oxygen atoms in total. The fourth-order valence-electron chi connectivity index (χ4n) is 4.60. The third-order valence-electron chi connectivity index (χ3n) is 6.34. The van der Waals surface area contributed by atoms with E-state index in [2.05, 4.69) is 26.6 Å². The Kier molecular flexibility index (Phi) is 4.29. The van der Waals surface area contributed by atoms with Gasteiger partial charge in [-0.05, 0) is 43.2 Å². The van der Waals surface area contributed by atoms with Gasteiger partial charge in [0.25, 0.3) is 11.8 Å². The van der Waals surface area contributed by atoms with Gasteiger partial charge in [-0.3, -0.25) is 9.59 Å². The van der Waals surface area contributed by atoms with Crippen molar-refractivity contribution in [3.63, 3.8) is 0 Å². The van der Waals surface area contributed by atoms with Crippen LogP contribution in [0.5, 0.6) is 0 Å². The number of halogens is 5. The molecule has 156 valence electrons. The molecule has 2 amide bonds. The molecule has 0 aromatic heterocycles. The van der Waals surface area contributed by atoms with E-state index in [-0.39, 0.29) is 36.1 Å². The van der Waals surface area contributed by atoms with E-state index < -0.39 is 29.1 Å². The zero-order valence-corrected chi connectivity index (χ0v) is 17.7. The summed E-state index contributed by atoms with van der Waals surface area (Å²) in [7, 11) is 0. The van der Waals surface area contributed by atoms with Crippen molar-refractivity contribution in [2.45, 2.75) is 31.2 Å². The predicted octanol–water partition coefficient (Wildman–Crippen LogP) is 5.45. The molecule has 2 saturated carbocycles. The third-order valence-corrected chi connectivity index (χ3v) is 7.14. The van der Waals surface area contributed by atoms with Crippen molar-refractivity contribution in [1.29, 1.82) is 0 Å². The molecule has 1 heterocycles. The van der Waals surface area contributed by atoms with Crippen molar-refractivity contribution in [3.8, 4) is 0 Å². The molecule has 0 bridgehead atoms. The first-order chi connectivity index (χ1) is 14.1. The average molecular weight is 500 g/mol. The number of carbonyl (C=O) groups is 2. The molecule has 2 aromatic rings. The Labute approximate surface area is 183 Å². The maximum absolute atomic E-state index is 13.8. The Morgan fingerprint density at radius 1 is 1.23 bits per heavy atom. The van der Waals surface area contributed by atoms with Gasteiger partial charge in [0.1, 0.15) is 5.82 Å². The fraction of sp³-hybridized carbons (Fsp3) is 0.333. The smallest absolute Gasteiger partial charge is 0.254 e. The minimum atomic E-state index is -2.67. The molecule has 1 unspecified atom stereocenters. The van der Waals surface area contributed by atoms with Gasteiger partial charge in [-0.2, -0.15) is 0 Å². The maximum Gasteiger partial charge on any atom is 0.254 e. The maximum atomic E-state index is 13.8. The van der Waals surface area contributed by atoms with Crippen LogP contribution in [0.25, 0.3) is 0 Å². The SMILES string of the molecule is O=C1NC(c2cc(F)ccc2Cl)c2c(NC(=O)C3CC4(C3)CC4(F)F)cc(Br)cc21. The first-order valence-electron chi connectivity index (χ1n) is 9.38. The van der Waals surface area contributed by atoms with Crippen LogP contribution in [0.2, 0.25) is 5.02 Å². The van der Waals surface area contributed by atoms with Crippen molar-refractivity contribution in [1.82, 2.24) is 5.32 Å². The number of amides is 2. The molecule has 30 heavy (non-hydrogen) atoms. The predicted molar refractivity (Wildman–Crippen MR) is 108 cm³/mol. The standard InChI is InChI=1S/C21H15BrClF3N2O2/c22-10-3-13-16(17(28-19(13)30)12-5-11(24)1-2-14(12)23)15(4-10)27-18(29)9-6-20(7-9)8-21(20,25)26/h1-5,9,17H,6-8H2,(H,27,29)(H,28,30). The Bertz CT molecular complexity index is 1120. The van der Waals surface area contributed by atoms with E-state index in [1.165, 1.54) is 18.2 Å².